The number of aliphatic hydroxyl groups is 1. The summed E-state index contributed by atoms with van der Waals surface area (Å²) in [4.78, 5) is 1.12. The van der Waals surface area contributed by atoms with E-state index in [0.29, 0.717) is 18.8 Å². The largest absolute Gasteiger partial charge is 0.389 e. The molecule has 0 aliphatic carbocycles. The van der Waals surface area contributed by atoms with Crippen molar-refractivity contribution < 1.29 is 14.2 Å². The van der Waals surface area contributed by atoms with E-state index < -0.39 is 11.9 Å². The van der Waals surface area contributed by atoms with E-state index in [1.807, 2.05) is 17.5 Å². The number of nitrogens with one attached hydrogen (secondary N) is 1. The average molecular weight is 316 g/mol. The Bertz CT molecular complexity index is 536. The van der Waals surface area contributed by atoms with Crippen molar-refractivity contribution in [1.82, 2.24) is 0 Å². The molecule has 6 heteroatoms. The maximum absolute atomic E-state index is 13.0. The van der Waals surface area contributed by atoms with Gasteiger partial charge >= 0.3 is 0 Å². The third kappa shape index (κ3) is 4.76. The van der Waals surface area contributed by atoms with Crippen molar-refractivity contribution in [2.75, 3.05) is 18.5 Å². The van der Waals surface area contributed by atoms with Gasteiger partial charge in [-0.1, -0.05) is 17.7 Å². The maximum atomic E-state index is 13.0. The summed E-state index contributed by atoms with van der Waals surface area (Å²) < 4.78 is 18.4. The van der Waals surface area contributed by atoms with Crippen LogP contribution < -0.4 is 5.32 Å². The minimum absolute atomic E-state index is 0.0541. The van der Waals surface area contributed by atoms with E-state index in [2.05, 4.69) is 5.32 Å². The van der Waals surface area contributed by atoms with E-state index >= 15 is 0 Å². The van der Waals surface area contributed by atoms with E-state index in [9.17, 15) is 9.50 Å². The highest BCUT2D eigenvalue weighted by atomic mass is 35.5. The van der Waals surface area contributed by atoms with E-state index in [-0.39, 0.29) is 11.6 Å². The number of ether oxygens (including phenoxy) is 1. The molecule has 0 saturated heterocycles. The monoisotopic (exact) mass is 315 g/mol. The molecule has 1 aromatic carbocycles. The average Bonchev–Trinajstić information content (AvgIpc) is 2.93. The third-order valence-corrected chi connectivity index (χ3v) is 3.74. The van der Waals surface area contributed by atoms with Crippen LogP contribution in [0.15, 0.2) is 35.7 Å². The second-order valence-electron chi connectivity index (χ2n) is 4.26. The summed E-state index contributed by atoms with van der Waals surface area (Å²) in [5.74, 6) is -0.461. The number of rotatable bonds is 7. The van der Waals surface area contributed by atoms with Gasteiger partial charge in [-0.3, -0.25) is 0 Å². The van der Waals surface area contributed by atoms with Crippen LogP contribution in [0.5, 0.6) is 0 Å². The summed E-state index contributed by atoms with van der Waals surface area (Å²) >= 11 is 7.28. The van der Waals surface area contributed by atoms with Gasteiger partial charge in [0.15, 0.2) is 0 Å². The van der Waals surface area contributed by atoms with Crippen LogP contribution in [-0.4, -0.2) is 24.4 Å². The topological polar surface area (TPSA) is 41.5 Å². The van der Waals surface area contributed by atoms with Gasteiger partial charge in [-0.15, -0.1) is 11.3 Å². The van der Waals surface area contributed by atoms with Crippen molar-refractivity contribution in [3.63, 3.8) is 0 Å². The Balaban J connectivity index is 1.69. The van der Waals surface area contributed by atoms with Gasteiger partial charge in [0.05, 0.1) is 24.3 Å². The fourth-order valence-electron chi connectivity index (χ4n) is 1.59. The zero-order valence-electron chi connectivity index (χ0n) is 10.7. The summed E-state index contributed by atoms with van der Waals surface area (Å²) in [6.45, 7) is 1.04. The third-order valence-electron chi connectivity index (χ3n) is 2.60. The first-order valence-corrected chi connectivity index (χ1v) is 7.38. The number of halogens is 2. The number of anilines is 1. The first-order valence-electron chi connectivity index (χ1n) is 6.12. The van der Waals surface area contributed by atoms with Crippen molar-refractivity contribution in [3.8, 4) is 0 Å². The van der Waals surface area contributed by atoms with Gasteiger partial charge in [-0.05, 0) is 29.6 Å². The minimum Gasteiger partial charge on any atom is -0.389 e. The standard InChI is InChI=1S/C14H15ClFNO2S/c15-13-6-10(3-4-14(13)16)17-7-11(18)8-19-9-12-2-1-5-20-12/h1-6,11,17-18H,7-9H2. The van der Waals surface area contributed by atoms with Gasteiger partial charge in [-0.25, -0.2) is 4.39 Å². The van der Waals surface area contributed by atoms with E-state index in [1.165, 1.54) is 12.1 Å². The van der Waals surface area contributed by atoms with E-state index in [0.717, 1.165) is 4.88 Å². The molecule has 2 aromatic rings. The quantitative estimate of drug-likeness (QED) is 0.821. The Hall–Kier alpha value is -1.14. The molecule has 1 unspecified atom stereocenters. The number of hydrogen-bond acceptors (Lipinski definition) is 4. The molecule has 0 aliphatic rings. The van der Waals surface area contributed by atoms with Crippen LogP contribution in [0.25, 0.3) is 0 Å². The molecular weight excluding hydrogens is 301 g/mol. The normalized spacial score (nSPS) is 12.3. The lowest BCUT2D eigenvalue weighted by Crippen LogP contribution is -2.24. The lowest BCUT2D eigenvalue weighted by atomic mass is 10.3. The number of hydrogen-bond donors (Lipinski definition) is 2. The smallest absolute Gasteiger partial charge is 0.141 e. The van der Waals surface area contributed by atoms with Gasteiger partial charge in [0.25, 0.3) is 0 Å². The van der Waals surface area contributed by atoms with Gasteiger partial charge in [0.2, 0.25) is 0 Å². The Kier molecular flexibility index (Phi) is 5.79. The Morgan fingerprint density at radius 3 is 2.95 bits per heavy atom. The maximum Gasteiger partial charge on any atom is 0.141 e. The van der Waals surface area contributed by atoms with E-state index in [4.69, 9.17) is 16.3 Å². The molecule has 0 radical (unpaired) electrons. The van der Waals surface area contributed by atoms with Gasteiger partial charge < -0.3 is 15.2 Å². The summed E-state index contributed by atoms with van der Waals surface area (Å²) in [6, 6.07) is 8.27. The molecule has 0 fully saturated rings. The van der Waals surface area contributed by atoms with Crippen LogP contribution in [-0.2, 0) is 11.3 Å². The Morgan fingerprint density at radius 1 is 1.40 bits per heavy atom. The fraction of sp³-hybridized carbons (Fsp3) is 0.286. The molecule has 0 aliphatic heterocycles. The molecule has 1 atom stereocenters. The van der Waals surface area contributed by atoms with Crippen LogP contribution in [0.3, 0.4) is 0 Å². The van der Waals surface area contributed by atoms with Crippen LogP contribution >= 0.6 is 22.9 Å². The minimum atomic E-state index is -0.640. The van der Waals surface area contributed by atoms with E-state index in [1.54, 1.807) is 17.4 Å². The molecule has 108 valence electrons. The van der Waals surface area contributed by atoms with Crippen molar-refractivity contribution in [2.24, 2.45) is 0 Å². The van der Waals surface area contributed by atoms with Crippen LogP contribution in [0.4, 0.5) is 10.1 Å². The number of thiophene rings is 1. The summed E-state index contributed by atoms with van der Waals surface area (Å²) in [5.41, 5.74) is 0.661. The first kappa shape index (κ1) is 15.3. The molecule has 3 nitrogen and oxygen atoms in total. The molecule has 1 aromatic heterocycles. The molecule has 2 N–H and O–H groups in total. The zero-order valence-corrected chi connectivity index (χ0v) is 12.3. The second-order valence-corrected chi connectivity index (χ2v) is 5.70. The Labute approximate surface area is 126 Å². The second kappa shape index (κ2) is 7.59. The van der Waals surface area contributed by atoms with Crippen molar-refractivity contribution >= 4 is 28.6 Å². The van der Waals surface area contributed by atoms with Crippen molar-refractivity contribution in [1.29, 1.82) is 0 Å². The van der Waals surface area contributed by atoms with Gasteiger partial charge in [0, 0.05) is 17.1 Å². The highest BCUT2D eigenvalue weighted by Crippen LogP contribution is 2.19. The predicted molar refractivity (Wildman–Crippen MR) is 79.9 cm³/mol. The predicted octanol–water partition coefficient (Wildman–Crippen LogP) is 3.53. The lowest BCUT2D eigenvalue weighted by Gasteiger charge is -2.13. The molecule has 0 spiro atoms. The molecule has 0 bridgehead atoms. The number of benzene rings is 1. The van der Waals surface area contributed by atoms with Crippen LogP contribution in [0.2, 0.25) is 5.02 Å². The lowest BCUT2D eigenvalue weighted by molar-refractivity contribution is 0.0359. The Morgan fingerprint density at radius 2 is 2.25 bits per heavy atom. The first-order chi connectivity index (χ1) is 9.65. The van der Waals surface area contributed by atoms with Gasteiger partial charge in [-0.2, -0.15) is 0 Å². The molecule has 1 heterocycles. The summed E-state index contributed by atoms with van der Waals surface area (Å²) in [7, 11) is 0. The molecule has 2 rings (SSSR count). The molecule has 0 saturated carbocycles. The van der Waals surface area contributed by atoms with Crippen LogP contribution in [0, 0.1) is 5.82 Å². The number of aliphatic hydroxyl groups excluding tert-OH is 1. The van der Waals surface area contributed by atoms with Crippen molar-refractivity contribution in [3.05, 3.63) is 51.4 Å². The summed E-state index contributed by atoms with van der Waals surface area (Å²) in [5, 5.41) is 14.8. The molecular formula is C14H15ClFNO2S. The molecule has 0 amide bonds. The SMILES string of the molecule is OC(CNc1ccc(F)c(Cl)c1)COCc1cccs1. The highest BCUT2D eigenvalue weighted by molar-refractivity contribution is 7.09. The van der Waals surface area contributed by atoms with Crippen LogP contribution in [0.1, 0.15) is 4.88 Å². The fourth-order valence-corrected chi connectivity index (χ4v) is 2.41. The summed E-state index contributed by atoms with van der Waals surface area (Å²) in [6.07, 6.45) is -0.640. The van der Waals surface area contributed by atoms with Gasteiger partial charge in [0.1, 0.15) is 5.82 Å². The highest BCUT2D eigenvalue weighted by Gasteiger charge is 2.06. The zero-order chi connectivity index (χ0) is 14.4. The van der Waals surface area contributed by atoms with Crippen molar-refractivity contribution in [2.45, 2.75) is 12.7 Å². The molecule has 20 heavy (non-hydrogen) atoms.